The summed E-state index contributed by atoms with van der Waals surface area (Å²) in [6, 6.07) is 13.8. The maximum atomic E-state index is 12.8. The van der Waals surface area contributed by atoms with E-state index in [-0.39, 0.29) is 16.0 Å². The number of halogens is 3. The molecule has 2 aliphatic carbocycles. The van der Waals surface area contributed by atoms with Crippen molar-refractivity contribution in [2.75, 3.05) is 0 Å². The van der Waals surface area contributed by atoms with E-state index in [1.54, 1.807) is 6.07 Å². The Morgan fingerprint density at radius 3 is 2.29 bits per heavy atom. The molecule has 182 valence electrons. The maximum Gasteiger partial charge on any atom is 0.405 e. The second kappa shape index (κ2) is 11.1. The summed E-state index contributed by atoms with van der Waals surface area (Å²) in [4.78, 5) is 10.1. The molecule has 2 N–H and O–H groups in total. The van der Waals surface area contributed by atoms with Crippen molar-refractivity contribution in [1.82, 2.24) is 5.32 Å². The lowest BCUT2D eigenvalue weighted by Crippen LogP contribution is -2.33. The Morgan fingerprint density at radius 1 is 1.12 bits per heavy atom. The Kier molecular flexibility index (Phi) is 8.72. The molecule has 0 aliphatic heterocycles. The minimum absolute atomic E-state index is 0.0819. The fourth-order valence-electron chi connectivity index (χ4n) is 3.61. The predicted molar refractivity (Wildman–Crippen MR) is 130 cm³/mol. The molecular formula is C23H23Cl3N2O5S. The number of rotatable bonds is 6. The van der Waals surface area contributed by atoms with Gasteiger partial charge in [-0.15, -0.1) is 0 Å². The number of nitriles is 1. The first-order chi connectivity index (χ1) is 16.0. The second-order valence-corrected chi connectivity index (χ2v) is 11.7. The Bertz CT molecular complexity index is 1180. The van der Waals surface area contributed by atoms with Gasteiger partial charge in [0.2, 0.25) is 0 Å². The fraction of sp³-hybridized carbons (Fsp3) is 0.391. The van der Waals surface area contributed by atoms with Gasteiger partial charge in [0.15, 0.2) is 9.84 Å². The minimum atomic E-state index is -3.50. The van der Waals surface area contributed by atoms with Crippen LogP contribution in [0.2, 0.25) is 15.1 Å². The summed E-state index contributed by atoms with van der Waals surface area (Å²) < 4.78 is 31.5. The largest absolute Gasteiger partial charge is 0.465 e. The Labute approximate surface area is 213 Å². The summed E-state index contributed by atoms with van der Waals surface area (Å²) in [6.45, 7) is 0.441. The highest BCUT2D eigenvalue weighted by Gasteiger charge is 2.44. The van der Waals surface area contributed by atoms with Crippen molar-refractivity contribution in [3.05, 3.63) is 63.1 Å². The molecule has 2 aliphatic rings. The average Bonchev–Trinajstić information content (AvgIpc) is 3.36. The van der Waals surface area contributed by atoms with Gasteiger partial charge in [0.1, 0.15) is 5.54 Å². The molecule has 7 nitrogen and oxygen atoms in total. The fourth-order valence-corrected chi connectivity index (χ4v) is 6.33. The van der Waals surface area contributed by atoms with Gasteiger partial charge >= 0.3 is 6.09 Å². The minimum Gasteiger partial charge on any atom is -0.465 e. The zero-order chi connectivity index (χ0) is 24.9. The van der Waals surface area contributed by atoms with Gasteiger partial charge in [0.25, 0.3) is 0 Å². The average molecular weight is 546 g/mol. The molecule has 2 fully saturated rings. The van der Waals surface area contributed by atoms with E-state index < -0.39 is 26.7 Å². The van der Waals surface area contributed by atoms with Crippen molar-refractivity contribution in [3.63, 3.8) is 0 Å². The van der Waals surface area contributed by atoms with Crippen LogP contribution in [0.4, 0.5) is 4.79 Å². The van der Waals surface area contributed by atoms with E-state index in [0.717, 1.165) is 5.56 Å². The number of amides is 1. The lowest BCUT2D eigenvalue weighted by atomic mass is 10.2. The second-order valence-electron chi connectivity index (χ2n) is 8.24. The highest BCUT2D eigenvalue weighted by atomic mass is 35.5. The van der Waals surface area contributed by atoms with Crippen molar-refractivity contribution in [2.45, 2.75) is 60.5 Å². The lowest BCUT2D eigenvalue weighted by Gasteiger charge is -2.15. The summed E-state index contributed by atoms with van der Waals surface area (Å²) >= 11 is 17.8. The number of carbonyl (C=O) groups is 1. The van der Waals surface area contributed by atoms with E-state index in [0.29, 0.717) is 48.8 Å². The number of ether oxygens (including phenoxy) is 1. The predicted octanol–water partition coefficient (Wildman–Crippen LogP) is 5.87. The first kappa shape index (κ1) is 26.6. The lowest BCUT2D eigenvalue weighted by molar-refractivity contribution is 0.0458. The van der Waals surface area contributed by atoms with Crippen molar-refractivity contribution in [3.8, 4) is 6.07 Å². The zero-order valence-electron chi connectivity index (χ0n) is 18.0. The molecule has 2 aromatic carbocycles. The number of hydrogen-bond acceptors (Lipinski definition) is 5. The summed E-state index contributed by atoms with van der Waals surface area (Å²) in [6.07, 6.45) is 1.84. The number of sulfone groups is 1. The third kappa shape index (κ3) is 7.00. The number of nitrogens with one attached hydrogen (secondary N) is 1. The third-order valence-corrected chi connectivity index (χ3v) is 8.87. The van der Waals surface area contributed by atoms with E-state index in [4.69, 9.17) is 49.9 Å². The zero-order valence-corrected chi connectivity index (χ0v) is 21.1. The SMILES string of the molecule is N#CC1(NC(=O)O)CC1.O=S(=O)(c1ccc(Cl)cc1Cl)[C@H]1CC[C@H](OCc2ccc(Cl)cc2)C1. The summed E-state index contributed by atoms with van der Waals surface area (Å²) in [5, 5.41) is 19.4. The van der Waals surface area contributed by atoms with Crippen molar-refractivity contribution in [2.24, 2.45) is 0 Å². The Morgan fingerprint density at radius 2 is 1.76 bits per heavy atom. The number of benzene rings is 2. The Hall–Kier alpha value is -2.02. The first-order valence-corrected chi connectivity index (χ1v) is 13.2. The number of carboxylic acid groups (broad SMARTS) is 1. The molecule has 2 aromatic rings. The maximum absolute atomic E-state index is 12.8. The first-order valence-electron chi connectivity index (χ1n) is 10.5. The van der Waals surface area contributed by atoms with Crippen molar-refractivity contribution in [1.29, 1.82) is 5.26 Å². The normalized spacial score (nSPS) is 20.5. The van der Waals surface area contributed by atoms with Crippen molar-refractivity contribution >= 4 is 50.7 Å². The molecule has 2 saturated carbocycles. The van der Waals surface area contributed by atoms with E-state index in [1.165, 1.54) is 12.1 Å². The molecule has 0 radical (unpaired) electrons. The highest BCUT2D eigenvalue weighted by molar-refractivity contribution is 7.92. The van der Waals surface area contributed by atoms with Gasteiger partial charge in [-0.1, -0.05) is 46.9 Å². The quantitative estimate of drug-likeness (QED) is 0.469. The van der Waals surface area contributed by atoms with Crippen LogP contribution in [0.25, 0.3) is 0 Å². The van der Waals surface area contributed by atoms with Crippen LogP contribution in [0.1, 0.15) is 37.7 Å². The van der Waals surface area contributed by atoms with Crippen LogP contribution in [0.3, 0.4) is 0 Å². The van der Waals surface area contributed by atoms with Gasteiger partial charge in [-0.3, -0.25) is 0 Å². The molecule has 0 aromatic heterocycles. The van der Waals surface area contributed by atoms with Gasteiger partial charge in [-0.25, -0.2) is 13.2 Å². The van der Waals surface area contributed by atoms with Crippen LogP contribution in [-0.4, -0.2) is 36.5 Å². The molecule has 0 bridgehead atoms. The topological polar surface area (TPSA) is 116 Å². The molecule has 0 unspecified atom stereocenters. The molecule has 0 heterocycles. The number of nitrogens with zero attached hydrogens (tertiary/aromatic N) is 1. The van der Waals surface area contributed by atoms with E-state index in [9.17, 15) is 13.2 Å². The van der Waals surface area contributed by atoms with E-state index in [1.807, 2.05) is 30.3 Å². The molecule has 4 rings (SSSR count). The van der Waals surface area contributed by atoms with Gasteiger partial charge in [0, 0.05) is 10.0 Å². The highest BCUT2D eigenvalue weighted by Crippen LogP contribution is 2.36. The molecule has 34 heavy (non-hydrogen) atoms. The molecule has 0 saturated heterocycles. The van der Waals surface area contributed by atoms with Gasteiger partial charge in [-0.2, -0.15) is 5.26 Å². The van der Waals surface area contributed by atoms with Gasteiger partial charge in [-0.05, 0) is 68.0 Å². The van der Waals surface area contributed by atoms with Crippen LogP contribution >= 0.6 is 34.8 Å². The molecule has 1 amide bonds. The monoisotopic (exact) mass is 544 g/mol. The Balaban J connectivity index is 0.000000302. The number of hydrogen-bond donors (Lipinski definition) is 2. The van der Waals surface area contributed by atoms with Crippen LogP contribution in [0.15, 0.2) is 47.4 Å². The van der Waals surface area contributed by atoms with Gasteiger partial charge < -0.3 is 15.2 Å². The van der Waals surface area contributed by atoms with Crippen LogP contribution < -0.4 is 5.32 Å². The summed E-state index contributed by atoms with van der Waals surface area (Å²) in [5.74, 6) is 0. The van der Waals surface area contributed by atoms with Gasteiger partial charge in [0.05, 0.1) is 33.9 Å². The van der Waals surface area contributed by atoms with Crippen molar-refractivity contribution < 1.29 is 23.1 Å². The molecule has 2 atom stereocenters. The third-order valence-electron chi connectivity index (χ3n) is 5.68. The summed E-state index contributed by atoms with van der Waals surface area (Å²) in [5.41, 5.74) is 0.280. The summed E-state index contributed by atoms with van der Waals surface area (Å²) in [7, 11) is -3.50. The van der Waals surface area contributed by atoms with E-state index >= 15 is 0 Å². The van der Waals surface area contributed by atoms with Crippen LogP contribution in [0, 0.1) is 11.3 Å². The molecule has 0 spiro atoms. The van der Waals surface area contributed by atoms with Crippen LogP contribution in [-0.2, 0) is 21.2 Å². The molecular weight excluding hydrogens is 523 g/mol. The standard InChI is InChI=1S/C18H17Cl3O3S.C5H6N2O2/c19-13-3-1-12(2-4-13)11-24-15-6-7-16(10-15)25(22,23)18-8-5-14(20)9-17(18)21;6-3-5(1-2-5)7-4(8)9/h1-5,8-9,15-16H,6-7,10-11H2;7H,1-2H2,(H,8,9)/t15-,16-;/m0./s1. The molecule has 11 heteroatoms. The van der Waals surface area contributed by atoms with E-state index in [2.05, 4.69) is 5.32 Å². The smallest absolute Gasteiger partial charge is 0.405 e. The van der Waals surface area contributed by atoms with Crippen LogP contribution in [0.5, 0.6) is 0 Å².